The maximum atomic E-state index is 12.7. The zero-order valence-corrected chi connectivity index (χ0v) is 18.1. The monoisotopic (exact) mass is 443 g/mol. The van der Waals surface area contributed by atoms with Gasteiger partial charge in [-0.05, 0) is 52.1 Å². The Bertz CT molecular complexity index is 1220. The molecule has 0 radical (unpaired) electrons. The number of aromatic nitrogens is 5. The molecule has 33 heavy (non-hydrogen) atoms. The van der Waals surface area contributed by atoms with Crippen molar-refractivity contribution in [1.82, 2.24) is 30.6 Å². The normalized spacial score (nSPS) is 15.5. The molecule has 0 saturated carbocycles. The molecule has 0 bridgehead atoms. The number of carbonyl (C=O) groups excluding carboxylic acids is 1. The zero-order chi connectivity index (χ0) is 22.6. The fraction of sp³-hybridized carbons (Fsp3) is 0.292. The second-order valence-electron chi connectivity index (χ2n) is 8.23. The first-order valence-electron chi connectivity index (χ1n) is 11.1. The van der Waals surface area contributed by atoms with Gasteiger partial charge in [0.25, 0.3) is 0 Å². The summed E-state index contributed by atoms with van der Waals surface area (Å²) in [6, 6.07) is 21.6. The largest absolute Gasteiger partial charge is 0.387 e. The number of piperidine rings is 1. The van der Waals surface area contributed by atoms with Gasteiger partial charge in [-0.1, -0.05) is 54.6 Å². The van der Waals surface area contributed by atoms with Crippen molar-refractivity contribution in [2.75, 3.05) is 24.5 Å². The SMILES string of the molecule is O=C(NCC(O)c1ccc(-c2ccccc2)cc1)C1CCN(c2ccc3nnnn3n2)CC1. The number of anilines is 1. The van der Waals surface area contributed by atoms with Crippen molar-refractivity contribution in [2.24, 2.45) is 5.92 Å². The van der Waals surface area contributed by atoms with E-state index >= 15 is 0 Å². The van der Waals surface area contributed by atoms with E-state index in [0.29, 0.717) is 5.65 Å². The molecule has 9 heteroatoms. The van der Waals surface area contributed by atoms with Crippen molar-refractivity contribution < 1.29 is 9.90 Å². The van der Waals surface area contributed by atoms with Crippen LogP contribution in [0, 0.1) is 5.92 Å². The minimum absolute atomic E-state index is 0.0153. The number of aliphatic hydroxyl groups is 1. The fourth-order valence-electron chi connectivity index (χ4n) is 4.17. The van der Waals surface area contributed by atoms with Gasteiger partial charge in [0.2, 0.25) is 5.91 Å². The predicted molar refractivity (Wildman–Crippen MR) is 123 cm³/mol. The number of nitrogens with zero attached hydrogens (tertiary/aromatic N) is 6. The number of tetrazole rings is 1. The van der Waals surface area contributed by atoms with E-state index in [1.807, 2.05) is 54.6 Å². The molecule has 1 aliphatic heterocycles. The van der Waals surface area contributed by atoms with Crippen molar-refractivity contribution in [3.05, 3.63) is 72.3 Å². The highest BCUT2D eigenvalue weighted by Crippen LogP contribution is 2.23. The molecule has 2 N–H and O–H groups in total. The van der Waals surface area contributed by atoms with E-state index in [4.69, 9.17) is 0 Å². The van der Waals surface area contributed by atoms with Crippen LogP contribution >= 0.6 is 0 Å². The minimum atomic E-state index is -0.744. The second kappa shape index (κ2) is 9.33. The second-order valence-corrected chi connectivity index (χ2v) is 8.23. The Morgan fingerprint density at radius 3 is 2.48 bits per heavy atom. The molecule has 2 aromatic carbocycles. The van der Waals surface area contributed by atoms with E-state index in [0.717, 1.165) is 48.4 Å². The summed E-state index contributed by atoms with van der Waals surface area (Å²) in [5.41, 5.74) is 3.61. The third-order valence-corrected chi connectivity index (χ3v) is 6.12. The Balaban J connectivity index is 1.11. The molecule has 1 aliphatic rings. The Hall–Kier alpha value is -3.85. The summed E-state index contributed by atoms with van der Waals surface area (Å²) >= 11 is 0. The van der Waals surface area contributed by atoms with Crippen LogP contribution in [0.3, 0.4) is 0 Å². The molecule has 1 amide bonds. The molecule has 3 heterocycles. The number of nitrogens with one attached hydrogen (secondary N) is 1. The molecule has 5 rings (SSSR count). The minimum Gasteiger partial charge on any atom is -0.387 e. The molecule has 0 aliphatic carbocycles. The third-order valence-electron chi connectivity index (χ3n) is 6.12. The van der Waals surface area contributed by atoms with Gasteiger partial charge in [0.05, 0.1) is 6.10 Å². The molecule has 168 valence electrons. The average molecular weight is 444 g/mol. The third kappa shape index (κ3) is 4.68. The predicted octanol–water partition coefficient (Wildman–Crippen LogP) is 2.25. The summed E-state index contributed by atoms with van der Waals surface area (Å²) in [5.74, 6) is 0.701. The molecular weight excluding hydrogens is 418 g/mol. The number of benzene rings is 2. The number of fused-ring (bicyclic) bond motifs is 1. The standard InChI is InChI=1S/C24H25N7O2/c32-21(19-8-6-18(7-9-19)17-4-2-1-3-5-17)16-25-24(33)20-12-14-30(15-13-20)23-11-10-22-26-28-29-31(22)27-23/h1-11,20-21,32H,12-16H2,(H,25,33). The Morgan fingerprint density at radius 2 is 1.73 bits per heavy atom. The molecular formula is C24H25N7O2. The van der Waals surface area contributed by atoms with E-state index in [-0.39, 0.29) is 18.4 Å². The van der Waals surface area contributed by atoms with Crippen molar-refractivity contribution in [2.45, 2.75) is 18.9 Å². The first kappa shape index (κ1) is 21.0. The van der Waals surface area contributed by atoms with Gasteiger partial charge in [-0.2, -0.15) is 0 Å². The molecule has 0 spiro atoms. The van der Waals surface area contributed by atoms with Crippen LogP contribution in [0.4, 0.5) is 5.82 Å². The van der Waals surface area contributed by atoms with Gasteiger partial charge in [-0.15, -0.1) is 14.8 Å². The first-order chi connectivity index (χ1) is 16.2. The van der Waals surface area contributed by atoms with Gasteiger partial charge in [0.1, 0.15) is 0 Å². The fourth-order valence-corrected chi connectivity index (χ4v) is 4.17. The topological polar surface area (TPSA) is 109 Å². The van der Waals surface area contributed by atoms with Crippen LogP contribution in [-0.4, -0.2) is 55.9 Å². The first-order valence-corrected chi connectivity index (χ1v) is 11.1. The summed E-state index contributed by atoms with van der Waals surface area (Å²) in [6.07, 6.45) is 0.706. The number of aliphatic hydroxyl groups excluding tert-OH is 1. The maximum Gasteiger partial charge on any atom is 0.223 e. The number of carbonyl (C=O) groups is 1. The summed E-state index contributed by atoms with van der Waals surface area (Å²) < 4.78 is 1.40. The van der Waals surface area contributed by atoms with Crippen LogP contribution in [0.25, 0.3) is 16.8 Å². The molecule has 4 aromatic rings. The van der Waals surface area contributed by atoms with Gasteiger partial charge >= 0.3 is 0 Å². The van der Waals surface area contributed by atoms with Crippen LogP contribution in [-0.2, 0) is 4.79 Å². The lowest BCUT2D eigenvalue weighted by atomic mass is 9.95. The highest BCUT2D eigenvalue weighted by molar-refractivity contribution is 5.79. The number of hydrogen-bond donors (Lipinski definition) is 2. The van der Waals surface area contributed by atoms with Gasteiger partial charge < -0.3 is 15.3 Å². The smallest absolute Gasteiger partial charge is 0.223 e. The lowest BCUT2D eigenvalue weighted by Crippen LogP contribution is -2.41. The lowest BCUT2D eigenvalue weighted by molar-refractivity contribution is -0.126. The van der Waals surface area contributed by atoms with Crippen molar-refractivity contribution in [1.29, 1.82) is 0 Å². The van der Waals surface area contributed by atoms with E-state index in [1.54, 1.807) is 0 Å². The molecule has 2 aromatic heterocycles. The van der Waals surface area contributed by atoms with Crippen LogP contribution in [0.2, 0.25) is 0 Å². The quantitative estimate of drug-likeness (QED) is 0.470. The molecule has 9 nitrogen and oxygen atoms in total. The van der Waals surface area contributed by atoms with Gasteiger partial charge in [-0.3, -0.25) is 4.79 Å². The average Bonchev–Trinajstić information content (AvgIpc) is 3.36. The Labute approximate surface area is 191 Å². The van der Waals surface area contributed by atoms with Crippen LogP contribution in [0.5, 0.6) is 0 Å². The molecule has 1 unspecified atom stereocenters. The van der Waals surface area contributed by atoms with Gasteiger partial charge in [0, 0.05) is 25.6 Å². The summed E-state index contributed by atoms with van der Waals surface area (Å²) in [4.78, 5) is 14.8. The summed E-state index contributed by atoms with van der Waals surface area (Å²) in [7, 11) is 0. The number of amides is 1. The highest BCUT2D eigenvalue weighted by atomic mass is 16.3. The van der Waals surface area contributed by atoms with E-state index in [2.05, 4.69) is 43.0 Å². The molecule has 1 saturated heterocycles. The van der Waals surface area contributed by atoms with E-state index in [1.165, 1.54) is 4.63 Å². The molecule has 1 atom stereocenters. The van der Waals surface area contributed by atoms with E-state index < -0.39 is 6.10 Å². The number of rotatable bonds is 6. The van der Waals surface area contributed by atoms with Crippen LogP contribution in [0.15, 0.2) is 66.7 Å². The highest BCUT2D eigenvalue weighted by Gasteiger charge is 2.26. The van der Waals surface area contributed by atoms with Crippen molar-refractivity contribution >= 4 is 17.4 Å². The Morgan fingerprint density at radius 1 is 1.00 bits per heavy atom. The van der Waals surface area contributed by atoms with E-state index in [9.17, 15) is 9.90 Å². The summed E-state index contributed by atoms with van der Waals surface area (Å²) in [6.45, 7) is 1.64. The van der Waals surface area contributed by atoms with Crippen molar-refractivity contribution in [3.8, 4) is 11.1 Å². The van der Waals surface area contributed by atoms with Crippen molar-refractivity contribution in [3.63, 3.8) is 0 Å². The molecule has 1 fully saturated rings. The lowest BCUT2D eigenvalue weighted by Gasteiger charge is -2.32. The van der Waals surface area contributed by atoms with Crippen LogP contribution in [0.1, 0.15) is 24.5 Å². The zero-order valence-electron chi connectivity index (χ0n) is 18.1. The maximum absolute atomic E-state index is 12.7. The Kier molecular flexibility index (Phi) is 5.95. The van der Waals surface area contributed by atoms with Gasteiger partial charge in [0.15, 0.2) is 11.5 Å². The van der Waals surface area contributed by atoms with Crippen LogP contribution < -0.4 is 10.2 Å². The number of hydrogen-bond acceptors (Lipinski definition) is 7. The van der Waals surface area contributed by atoms with Gasteiger partial charge in [-0.25, -0.2) is 0 Å². The summed E-state index contributed by atoms with van der Waals surface area (Å²) in [5, 5.41) is 29.2.